The Morgan fingerprint density at radius 1 is 1.56 bits per heavy atom. The first-order valence-corrected chi connectivity index (χ1v) is 4.76. The summed E-state index contributed by atoms with van der Waals surface area (Å²) in [6.07, 6.45) is 3.28. The topological polar surface area (TPSA) is 69.5 Å². The highest BCUT2D eigenvalue weighted by Crippen LogP contribution is 2.15. The summed E-state index contributed by atoms with van der Waals surface area (Å²) in [5.74, 6) is -0.227. The van der Waals surface area contributed by atoms with Crippen LogP contribution in [0.2, 0.25) is 0 Å². The van der Waals surface area contributed by atoms with E-state index in [1.165, 1.54) is 6.92 Å². The minimum Gasteiger partial charge on any atom is -0.294 e. The molecule has 0 fully saturated rings. The SMILES string of the molecule is CC(=O)/C(C#N)=C/c1ccc2[nH]ncc2c1. The van der Waals surface area contributed by atoms with Gasteiger partial charge in [-0.05, 0) is 30.7 Å². The van der Waals surface area contributed by atoms with Gasteiger partial charge in [-0.3, -0.25) is 9.89 Å². The average Bonchev–Trinajstić information content (AvgIpc) is 2.72. The highest BCUT2D eigenvalue weighted by Gasteiger charge is 2.03. The lowest BCUT2D eigenvalue weighted by molar-refractivity contribution is -0.113. The molecule has 16 heavy (non-hydrogen) atoms. The molecule has 0 radical (unpaired) electrons. The second-order valence-corrected chi connectivity index (χ2v) is 3.44. The zero-order valence-electron chi connectivity index (χ0n) is 8.69. The highest BCUT2D eigenvalue weighted by atomic mass is 16.1. The molecule has 0 amide bonds. The average molecular weight is 211 g/mol. The predicted octanol–water partition coefficient (Wildman–Crippen LogP) is 2.06. The fraction of sp³-hybridized carbons (Fsp3) is 0.0833. The highest BCUT2D eigenvalue weighted by molar-refractivity contribution is 6.01. The number of aromatic nitrogens is 2. The number of carbonyl (C=O) groups excluding carboxylic acids is 1. The number of Topliss-reactive ketones (excluding diaryl/α,β-unsaturated/α-hetero) is 1. The van der Waals surface area contributed by atoms with Crippen molar-refractivity contribution in [2.75, 3.05) is 0 Å². The molecule has 0 saturated carbocycles. The molecule has 2 aromatic rings. The van der Waals surface area contributed by atoms with Crippen LogP contribution >= 0.6 is 0 Å². The quantitative estimate of drug-likeness (QED) is 0.610. The summed E-state index contributed by atoms with van der Waals surface area (Å²) < 4.78 is 0. The lowest BCUT2D eigenvalue weighted by atomic mass is 10.1. The van der Waals surface area contributed by atoms with E-state index in [2.05, 4.69) is 10.2 Å². The summed E-state index contributed by atoms with van der Waals surface area (Å²) in [5.41, 5.74) is 1.90. The van der Waals surface area contributed by atoms with Crippen LogP contribution in [0.25, 0.3) is 17.0 Å². The molecule has 0 spiro atoms. The zero-order valence-corrected chi connectivity index (χ0v) is 8.69. The summed E-state index contributed by atoms with van der Waals surface area (Å²) in [6.45, 7) is 1.38. The van der Waals surface area contributed by atoms with E-state index in [9.17, 15) is 4.79 Å². The third kappa shape index (κ3) is 1.84. The lowest BCUT2D eigenvalue weighted by Gasteiger charge is -1.95. The number of carbonyl (C=O) groups is 1. The first-order chi connectivity index (χ1) is 7.70. The Bertz CT molecular complexity index is 616. The summed E-state index contributed by atoms with van der Waals surface area (Å²) in [5, 5.41) is 16.5. The summed E-state index contributed by atoms with van der Waals surface area (Å²) in [7, 11) is 0. The molecule has 0 atom stereocenters. The van der Waals surface area contributed by atoms with E-state index in [1.54, 1.807) is 12.3 Å². The van der Waals surface area contributed by atoms with Crippen molar-refractivity contribution >= 4 is 22.8 Å². The van der Waals surface area contributed by atoms with E-state index >= 15 is 0 Å². The van der Waals surface area contributed by atoms with Gasteiger partial charge in [-0.1, -0.05) is 6.07 Å². The van der Waals surface area contributed by atoms with Gasteiger partial charge in [0.1, 0.15) is 6.07 Å². The summed E-state index contributed by atoms with van der Waals surface area (Å²) >= 11 is 0. The van der Waals surface area contributed by atoms with Gasteiger partial charge < -0.3 is 0 Å². The van der Waals surface area contributed by atoms with Gasteiger partial charge in [0.2, 0.25) is 0 Å². The Hall–Kier alpha value is -2.41. The van der Waals surface area contributed by atoms with Crippen molar-refractivity contribution in [2.45, 2.75) is 6.92 Å². The maximum atomic E-state index is 11.1. The zero-order chi connectivity index (χ0) is 11.5. The van der Waals surface area contributed by atoms with Crippen molar-refractivity contribution in [1.82, 2.24) is 10.2 Å². The molecule has 1 aromatic carbocycles. The van der Waals surface area contributed by atoms with Gasteiger partial charge in [0.15, 0.2) is 5.78 Å². The van der Waals surface area contributed by atoms with Gasteiger partial charge in [-0.2, -0.15) is 10.4 Å². The molecular formula is C12H9N3O. The molecule has 0 bridgehead atoms. The molecule has 1 N–H and O–H groups in total. The van der Waals surface area contributed by atoms with E-state index in [4.69, 9.17) is 5.26 Å². The van der Waals surface area contributed by atoms with Gasteiger partial charge in [0.25, 0.3) is 0 Å². The number of hydrogen-bond donors (Lipinski definition) is 1. The molecule has 0 unspecified atom stereocenters. The minimum atomic E-state index is -0.227. The number of ketones is 1. The van der Waals surface area contributed by atoms with Gasteiger partial charge in [0.05, 0.1) is 17.3 Å². The Morgan fingerprint density at radius 3 is 3.06 bits per heavy atom. The van der Waals surface area contributed by atoms with E-state index in [0.717, 1.165) is 16.5 Å². The van der Waals surface area contributed by atoms with Crippen LogP contribution in [-0.4, -0.2) is 16.0 Å². The van der Waals surface area contributed by atoms with Crippen molar-refractivity contribution in [1.29, 1.82) is 5.26 Å². The number of H-pyrrole nitrogens is 1. The number of aromatic amines is 1. The first kappa shape index (κ1) is 10.1. The summed E-state index contributed by atoms with van der Waals surface area (Å²) in [6, 6.07) is 7.45. The van der Waals surface area contributed by atoms with Crippen LogP contribution in [0.15, 0.2) is 30.0 Å². The van der Waals surface area contributed by atoms with Gasteiger partial charge >= 0.3 is 0 Å². The van der Waals surface area contributed by atoms with Crippen LogP contribution in [0.1, 0.15) is 12.5 Å². The number of nitrogens with zero attached hydrogens (tertiary/aromatic N) is 2. The van der Waals surface area contributed by atoms with Crippen molar-refractivity contribution in [2.24, 2.45) is 0 Å². The molecule has 0 aliphatic carbocycles. The Morgan fingerprint density at radius 2 is 2.38 bits per heavy atom. The molecule has 0 aliphatic rings. The van der Waals surface area contributed by atoms with Gasteiger partial charge in [-0.25, -0.2) is 0 Å². The third-order valence-corrected chi connectivity index (χ3v) is 2.28. The second kappa shape index (κ2) is 3.99. The number of nitrogens with one attached hydrogen (secondary N) is 1. The number of nitriles is 1. The van der Waals surface area contributed by atoms with Gasteiger partial charge in [-0.15, -0.1) is 0 Å². The van der Waals surface area contributed by atoms with Crippen LogP contribution in [0.5, 0.6) is 0 Å². The Labute approximate surface area is 92.2 Å². The van der Waals surface area contributed by atoms with Crippen LogP contribution in [-0.2, 0) is 4.79 Å². The fourth-order valence-corrected chi connectivity index (χ4v) is 1.43. The molecule has 78 valence electrons. The number of hydrogen-bond acceptors (Lipinski definition) is 3. The lowest BCUT2D eigenvalue weighted by Crippen LogP contribution is -1.92. The molecule has 1 heterocycles. The number of allylic oxidation sites excluding steroid dienone is 1. The van der Waals surface area contributed by atoms with E-state index in [1.807, 2.05) is 24.3 Å². The Balaban J connectivity index is 2.48. The maximum absolute atomic E-state index is 11.1. The third-order valence-electron chi connectivity index (χ3n) is 2.28. The van der Waals surface area contributed by atoms with E-state index < -0.39 is 0 Å². The normalized spacial score (nSPS) is 11.4. The van der Waals surface area contributed by atoms with Crippen LogP contribution in [0.4, 0.5) is 0 Å². The smallest absolute Gasteiger partial charge is 0.170 e. The molecule has 1 aromatic heterocycles. The minimum absolute atomic E-state index is 0.155. The van der Waals surface area contributed by atoms with Crippen molar-refractivity contribution in [3.05, 3.63) is 35.5 Å². The predicted molar refractivity (Wildman–Crippen MR) is 60.4 cm³/mol. The molecule has 4 nitrogen and oxygen atoms in total. The molecule has 0 aliphatic heterocycles. The fourth-order valence-electron chi connectivity index (χ4n) is 1.43. The van der Waals surface area contributed by atoms with Crippen molar-refractivity contribution in [3.8, 4) is 6.07 Å². The molecule has 0 saturated heterocycles. The van der Waals surface area contributed by atoms with Crippen molar-refractivity contribution < 1.29 is 4.79 Å². The number of benzene rings is 1. The monoisotopic (exact) mass is 211 g/mol. The molecular weight excluding hydrogens is 202 g/mol. The van der Waals surface area contributed by atoms with Crippen LogP contribution in [0.3, 0.4) is 0 Å². The number of fused-ring (bicyclic) bond motifs is 1. The Kier molecular flexibility index (Phi) is 2.52. The first-order valence-electron chi connectivity index (χ1n) is 4.76. The standard InChI is InChI=1S/C12H9N3O/c1-8(16)10(6-13)4-9-2-3-12-11(5-9)7-14-15-12/h2-5,7H,1H3,(H,14,15)/b10-4+. The number of rotatable bonds is 2. The van der Waals surface area contributed by atoms with Crippen LogP contribution in [0, 0.1) is 11.3 Å². The second-order valence-electron chi connectivity index (χ2n) is 3.44. The van der Waals surface area contributed by atoms with Crippen molar-refractivity contribution in [3.63, 3.8) is 0 Å². The molecule has 2 rings (SSSR count). The molecule has 4 heteroatoms. The largest absolute Gasteiger partial charge is 0.294 e. The van der Waals surface area contributed by atoms with Gasteiger partial charge in [0, 0.05) is 5.39 Å². The summed E-state index contributed by atoms with van der Waals surface area (Å²) in [4.78, 5) is 11.1. The van der Waals surface area contributed by atoms with E-state index in [0.29, 0.717) is 0 Å². The van der Waals surface area contributed by atoms with E-state index in [-0.39, 0.29) is 11.4 Å². The maximum Gasteiger partial charge on any atom is 0.170 e. The van der Waals surface area contributed by atoms with Crippen LogP contribution < -0.4 is 0 Å².